The van der Waals surface area contributed by atoms with Crippen LogP contribution in [0.4, 0.5) is 10.5 Å². The van der Waals surface area contributed by atoms with Gasteiger partial charge in [0.25, 0.3) is 0 Å². The Bertz CT molecular complexity index is 712. The maximum absolute atomic E-state index is 12.3. The lowest BCUT2D eigenvalue weighted by atomic mass is 9.92. The molecule has 2 amide bonds. The number of hydrogen-bond acceptors (Lipinski definition) is 4. The van der Waals surface area contributed by atoms with Gasteiger partial charge in [0.05, 0.1) is 19.9 Å². The maximum atomic E-state index is 12.3. The van der Waals surface area contributed by atoms with Gasteiger partial charge in [0.1, 0.15) is 11.5 Å². The number of amides is 2. The van der Waals surface area contributed by atoms with Crippen LogP contribution in [-0.2, 0) is 7.05 Å². The van der Waals surface area contributed by atoms with Gasteiger partial charge in [-0.3, -0.25) is 4.68 Å². The number of methoxy groups -OCH3 is 2. The van der Waals surface area contributed by atoms with Crippen molar-refractivity contribution < 1.29 is 14.3 Å². The van der Waals surface area contributed by atoms with E-state index in [1.54, 1.807) is 38.6 Å². The third-order valence-corrected chi connectivity index (χ3v) is 4.18. The van der Waals surface area contributed by atoms with E-state index in [4.69, 9.17) is 9.47 Å². The summed E-state index contributed by atoms with van der Waals surface area (Å²) < 4.78 is 12.3. The summed E-state index contributed by atoms with van der Waals surface area (Å²) >= 11 is 0. The molecule has 0 saturated carbocycles. The minimum Gasteiger partial charge on any atom is -0.497 e. The first kappa shape index (κ1) is 18.6. The lowest BCUT2D eigenvalue weighted by Gasteiger charge is -2.22. The van der Waals surface area contributed by atoms with Crippen molar-refractivity contribution in [3.05, 3.63) is 36.2 Å². The molecule has 7 nitrogen and oxygen atoms in total. The largest absolute Gasteiger partial charge is 0.497 e. The Balaban J connectivity index is 2.01. The van der Waals surface area contributed by atoms with Crippen LogP contribution < -0.4 is 20.1 Å². The van der Waals surface area contributed by atoms with Gasteiger partial charge in [-0.15, -0.1) is 0 Å². The number of aryl methyl sites for hydroxylation is 1. The van der Waals surface area contributed by atoms with Crippen molar-refractivity contribution >= 4 is 11.7 Å². The molecule has 1 atom stereocenters. The molecule has 0 saturated heterocycles. The number of ether oxygens (including phenoxy) is 2. The normalized spacial score (nSPS) is 11.9. The topological polar surface area (TPSA) is 77.4 Å². The van der Waals surface area contributed by atoms with Gasteiger partial charge in [0, 0.05) is 37.5 Å². The second-order valence-corrected chi connectivity index (χ2v) is 6.13. The first-order valence-corrected chi connectivity index (χ1v) is 8.21. The van der Waals surface area contributed by atoms with Gasteiger partial charge in [0.2, 0.25) is 0 Å². The number of nitrogens with zero attached hydrogens (tertiary/aromatic N) is 2. The molecule has 0 aliphatic heterocycles. The molecule has 2 aromatic rings. The molecule has 0 aliphatic rings. The van der Waals surface area contributed by atoms with Crippen LogP contribution >= 0.6 is 0 Å². The van der Waals surface area contributed by atoms with E-state index >= 15 is 0 Å². The van der Waals surface area contributed by atoms with E-state index in [0.29, 0.717) is 29.6 Å². The van der Waals surface area contributed by atoms with Crippen LogP contribution in [0.5, 0.6) is 11.5 Å². The van der Waals surface area contributed by atoms with Crippen LogP contribution in [0.25, 0.3) is 0 Å². The zero-order valence-corrected chi connectivity index (χ0v) is 15.4. The molecule has 136 valence electrons. The maximum Gasteiger partial charge on any atom is 0.319 e. The van der Waals surface area contributed by atoms with Crippen molar-refractivity contribution in [2.75, 3.05) is 26.1 Å². The third kappa shape index (κ3) is 4.65. The minimum atomic E-state index is -0.281. The number of urea groups is 1. The number of rotatable bonds is 7. The number of anilines is 1. The number of carbonyl (C=O) groups excluding carboxylic acids is 1. The van der Waals surface area contributed by atoms with Gasteiger partial charge < -0.3 is 20.1 Å². The Kier molecular flexibility index (Phi) is 6.27. The van der Waals surface area contributed by atoms with Gasteiger partial charge in [-0.1, -0.05) is 13.8 Å². The van der Waals surface area contributed by atoms with Crippen molar-refractivity contribution in [2.45, 2.75) is 19.8 Å². The molecular formula is C18H26N4O3. The lowest BCUT2D eigenvalue weighted by Crippen LogP contribution is -2.34. The number of aromatic nitrogens is 2. The van der Waals surface area contributed by atoms with Gasteiger partial charge >= 0.3 is 6.03 Å². The fourth-order valence-corrected chi connectivity index (χ4v) is 2.70. The zero-order valence-electron chi connectivity index (χ0n) is 15.4. The first-order chi connectivity index (χ1) is 12.0. The molecule has 2 N–H and O–H groups in total. The number of hydrogen-bond donors (Lipinski definition) is 2. The molecule has 0 aliphatic carbocycles. The van der Waals surface area contributed by atoms with E-state index < -0.39 is 0 Å². The summed E-state index contributed by atoms with van der Waals surface area (Å²) in [5.41, 5.74) is 1.68. The van der Waals surface area contributed by atoms with Gasteiger partial charge in [-0.05, 0) is 24.1 Å². The highest BCUT2D eigenvalue weighted by Crippen LogP contribution is 2.29. The van der Waals surface area contributed by atoms with Crippen LogP contribution in [0.1, 0.15) is 25.5 Å². The molecule has 1 aromatic heterocycles. The smallest absolute Gasteiger partial charge is 0.319 e. The monoisotopic (exact) mass is 346 g/mol. The van der Waals surface area contributed by atoms with Crippen LogP contribution in [-0.4, -0.2) is 36.6 Å². The van der Waals surface area contributed by atoms with Crippen molar-refractivity contribution in [1.82, 2.24) is 15.1 Å². The molecule has 0 spiro atoms. The van der Waals surface area contributed by atoms with Crippen molar-refractivity contribution in [3.63, 3.8) is 0 Å². The Hall–Kier alpha value is -2.70. The Morgan fingerprint density at radius 3 is 2.56 bits per heavy atom. The standard InChI is InChI=1S/C18H26N4O3/c1-12(2)14(16-8-9-20-22(16)3)11-19-18(23)21-15-7-6-13(24-4)10-17(15)25-5/h6-10,12,14H,11H2,1-5H3,(H2,19,21,23)/t14-/m0/s1. The van der Waals surface area contributed by atoms with Crippen molar-refractivity contribution in [3.8, 4) is 11.5 Å². The second-order valence-electron chi connectivity index (χ2n) is 6.13. The molecular weight excluding hydrogens is 320 g/mol. The summed E-state index contributed by atoms with van der Waals surface area (Å²) in [6, 6.07) is 6.94. The number of nitrogens with one attached hydrogen (secondary N) is 2. The Morgan fingerprint density at radius 1 is 1.24 bits per heavy atom. The summed E-state index contributed by atoms with van der Waals surface area (Å²) in [7, 11) is 5.04. The van der Waals surface area contributed by atoms with Gasteiger partial charge in [-0.2, -0.15) is 5.10 Å². The molecule has 7 heteroatoms. The first-order valence-electron chi connectivity index (χ1n) is 8.21. The van der Waals surface area contributed by atoms with E-state index in [2.05, 4.69) is 29.6 Å². The molecule has 0 radical (unpaired) electrons. The van der Waals surface area contributed by atoms with E-state index in [-0.39, 0.29) is 11.9 Å². The second kappa shape index (κ2) is 8.41. The molecule has 25 heavy (non-hydrogen) atoms. The summed E-state index contributed by atoms with van der Waals surface area (Å²) in [5.74, 6) is 1.75. The quantitative estimate of drug-likeness (QED) is 0.808. The van der Waals surface area contributed by atoms with E-state index in [9.17, 15) is 4.79 Å². The van der Waals surface area contributed by atoms with E-state index in [0.717, 1.165) is 5.69 Å². The molecule has 1 aromatic carbocycles. The summed E-state index contributed by atoms with van der Waals surface area (Å²) in [4.78, 5) is 12.3. The predicted molar refractivity (Wildman–Crippen MR) is 97.4 cm³/mol. The fraction of sp³-hybridized carbons (Fsp3) is 0.444. The van der Waals surface area contributed by atoms with Gasteiger partial charge in [0.15, 0.2) is 0 Å². The molecule has 2 rings (SSSR count). The molecule has 0 fully saturated rings. The average molecular weight is 346 g/mol. The highest BCUT2D eigenvalue weighted by atomic mass is 16.5. The fourth-order valence-electron chi connectivity index (χ4n) is 2.70. The van der Waals surface area contributed by atoms with Crippen LogP contribution in [0.2, 0.25) is 0 Å². The highest BCUT2D eigenvalue weighted by Gasteiger charge is 2.20. The third-order valence-electron chi connectivity index (χ3n) is 4.18. The van der Waals surface area contributed by atoms with Crippen LogP contribution in [0.3, 0.4) is 0 Å². The zero-order chi connectivity index (χ0) is 18.4. The minimum absolute atomic E-state index is 0.177. The van der Waals surface area contributed by atoms with Crippen LogP contribution in [0.15, 0.2) is 30.5 Å². The van der Waals surface area contributed by atoms with Crippen molar-refractivity contribution in [1.29, 1.82) is 0 Å². The number of benzene rings is 1. The molecule has 0 unspecified atom stereocenters. The van der Waals surface area contributed by atoms with Crippen LogP contribution in [0, 0.1) is 5.92 Å². The highest BCUT2D eigenvalue weighted by molar-refractivity contribution is 5.91. The predicted octanol–water partition coefficient (Wildman–Crippen LogP) is 3.00. The van der Waals surface area contributed by atoms with Crippen molar-refractivity contribution in [2.24, 2.45) is 13.0 Å². The molecule has 0 bridgehead atoms. The molecule has 1 heterocycles. The Morgan fingerprint density at radius 2 is 2.00 bits per heavy atom. The average Bonchev–Trinajstić information content (AvgIpc) is 3.01. The lowest BCUT2D eigenvalue weighted by molar-refractivity contribution is 0.250. The SMILES string of the molecule is COc1ccc(NC(=O)NC[C@H](c2ccnn2C)C(C)C)c(OC)c1. The number of carbonyl (C=O) groups is 1. The van der Waals surface area contributed by atoms with E-state index in [1.165, 1.54) is 0 Å². The van der Waals surface area contributed by atoms with E-state index in [1.807, 2.05) is 17.8 Å². The summed E-state index contributed by atoms with van der Waals surface area (Å²) in [6.07, 6.45) is 1.77. The summed E-state index contributed by atoms with van der Waals surface area (Å²) in [6.45, 7) is 4.77. The summed E-state index contributed by atoms with van der Waals surface area (Å²) in [5, 5.41) is 9.96. The Labute approximate surface area is 148 Å². The van der Waals surface area contributed by atoms with Gasteiger partial charge in [-0.25, -0.2) is 4.79 Å².